The lowest BCUT2D eigenvalue weighted by Gasteiger charge is -2.24. The summed E-state index contributed by atoms with van der Waals surface area (Å²) < 4.78 is 12.5. The van der Waals surface area contributed by atoms with E-state index in [1.807, 2.05) is 25.1 Å². The molecule has 0 aliphatic carbocycles. The molecule has 0 radical (unpaired) electrons. The largest absolute Gasteiger partial charge is 0.707 e. The Kier molecular flexibility index (Phi) is 4.42. The highest BCUT2D eigenvalue weighted by molar-refractivity contribution is 6.33. The summed E-state index contributed by atoms with van der Waals surface area (Å²) in [5.74, 6) is 0.266. The van der Waals surface area contributed by atoms with Gasteiger partial charge in [-0.15, -0.1) is 0 Å². The molecule has 1 unspecified atom stereocenters. The second-order valence-corrected chi connectivity index (χ2v) is 5.23. The lowest BCUT2D eigenvalue weighted by Crippen LogP contribution is -2.22. The van der Waals surface area contributed by atoms with Crippen LogP contribution in [0.2, 0.25) is 0 Å². The van der Waals surface area contributed by atoms with Gasteiger partial charge < -0.3 is 19.4 Å². The van der Waals surface area contributed by atoms with E-state index in [-0.39, 0.29) is 12.0 Å². The van der Waals surface area contributed by atoms with Crippen LogP contribution in [0.3, 0.4) is 0 Å². The summed E-state index contributed by atoms with van der Waals surface area (Å²) in [6.07, 6.45) is 4.20. The van der Waals surface area contributed by atoms with Crippen LogP contribution in [0.5, 0.6) is 5.75 Å². The molecule has 7 nitrogen and oxygen atoms in total. The SMILES string of the molecule is Cc1cccc(-c2c(OB(O)O)cnn2C2CCCCO2)n1. The lowest BCUT2D eigenvalue weighted by molar-refractivity contribution is -0.0384. The number of nitrogens with zero attached hydrogens (tertiary/aromatic N) is 3. The van der Waals surface area contributed by atoms with Crippen molar-refractivity contribution >= 4 is 7.32 Å². The molecule has 1 fully saturated rings. The third-order valence-electron chi connectivity index (χ3n) is 3.55. The van der Waals surface area contributed by atoms with E-state index in [0.717, 1.165) is 25.0 Å². The molecule has 0 saturated carbocycles. The van der Waals surface area contributed by atoms with Gasteiger partial charge in [0.15, 0.2) is 12.0 Å². The van der Waals surface area contributed by atoms with Crippen molar-refractivity contribution < 1.29 is 19.4 Å². The minimum Gasteiger partial charge on any atom is -0.509 e. The highest BCUT2D eigenvalue weighted by atomic mass is 16.6. The number of aromatic nitrogens is 3. The fourth-order valence-electron chi connectivity index (χ4n) is 2.60. The van der Waals surface area contributed by atoms with Crippen LogP contribution in [0.4, 0.5) is 0 Å². The quantitative estimate of drug-likeness (QED) is 0.828. The van der Waals surface area contributed by atoms with Crippen LogP contribution >= 0.6 is 0 Å². The minimum absolute atomic E-state index is 0.195. The van der Waals surface area contributed by atoms with Crippen molar-refractivity contribution in [1.82, 2.24) is 14.8 Å². The minimum atomic E-state index is -1.91. The van der Waals surface area contributed by atoms with Crippen molar-refractivity contribution in [3.8, 4) is 17.1 Å². The second kappa shape index (κ2) is 6.47. The van der Waals surface area contributed by atoms with Crippen LogP contribution in [-0.2, 0) is 4.74 Å². The highest BCUT2D eigenvalue weighted by Gasteiger charge is 2.26. The first-order valence-electron chi connectivity index (χ1n) is 7.31. The molecule has 3 rings (SSSR count). The molecule has 3 heterocycles. The van der Waals surface area contributed by atoms with Crippen LogP contribution in [-0.4, -0.2) is 38.7 Å². The van der Waals surface area contributed by atoms with Crippen molar-refractivity contribution in [2.45, 2.75) is 32.4 Å². The van der Waals surface area contributed by atoms with Crippen molar-refractivity contribution in [1.29, 1.82) is 0 Å². The second-order valence-electron chi connectivity index (χ2n) is 5.23. The standard InChI is InChI=1S/C14H18BN3O4/c1-10-5-4-6-11(17-10)14-12(22-15(19)20)9-16-18(14)13-7-2-3-8-21-13/h4-6,9,13,19-20H,2-3,7-8H2,1H3. The van der Waals surface area contributed by atoms with Gasteiger partial charge in [0, 0.05) is 12.3 Å². The van der Waals surface area contributed by atoms with E-state index in [2.05, 4.69) is 10.1 Å². The summed E-state index contributed by atoms with van der Waals surface area (Å²) >= 11 is 0. The number of ether oxygens (including phenoxy) is 1. The Morgan fingerprint density at radius 3 is 2.91 bits per heavy atom. The maximum Gasteiger partial charge on any atom is 0.707 e. The Hall–Kier alpha value is -1.90. The van der Waals surface area contributed by atoms with Crippen molar-refractivity contribution in [2.24, 2.45) is 0 Å². The van der Waals surface area contributed by atoms with Crippen molar-refractivity contribution in [3.05, 3.63) is 30.1 Å². The van der Waals surface area contributed by atoms with E-state index in [1.54, 1.807) is 4.68 Å². The van der Waals surface area contributed by atoms with Gasteiger partial charge in [-0.25, -0.2) is 4.68 Å². The van der Waals surface area contributed by atoms with Gasteiger partial charge in [0.05, 0.1) is 11.9 Å². The van der Waals surface area contributed by atoms with Crippen molar-refractivity contribution in [3.63, 3.8) is 0 Å². The highest BCUT2D eigenvalue weighted by Crippen LogP contribution is 2.34. The zero-order chi connectivity index (χ0) is 15.5. The van der Waals surface area contributed by atoms with Gasteiger partial charge in [-0.3, -0.25) is 4.98 Å². The van der Waals surface area contributed by atoms with Gasteiger partial charge in [-0.2, -0.15) is 5.10 Å². The molecule has 1 aliphatic heterocycles. The van der Waals surface area contributed by atoms with Crippen LogP contribution in [0.25, 0.3) is 11.4 Å². The van der Waals surface area contributed by atoms with Crippen LogP contribution in [0, 0.1) is 6.92 Å². The number of rotatable bonds is 4. The van der Waals surface area contributed by atoms with E-state index in [1.165, 1.54) is 6.20 Å². The van der Waals surface area contributed by atoms with E-state index >= 15 is 0 Å². The molecular weight excluding hydrogens is 285 g/mol. The summed E-state index contributed by atoms with van der Waals surface area (Å²) in [6.45, 7) is 2.58. The summed E-state index contributed by atoms with van der Waals surface area (Å²) in [6, 6.07) is 5.61. The van der Waals surface area contributed by atoms with Gasteiger partial charge in [-0.1, -0.05) is 6.07 Å². The number of hydrogen-bond donors (Lipinski definition) is 2. The number of hydrogen-bond acceptors (Lipinski definition) is 6. The first-order chi connectivity index (χ1) is 10.6. The normalized spacial score (nSPS) is 18.2. The molecule has 2 aromatic heterocycles. The van der Waals surface area contributed by atoms with Crippen LogP contribution < -0.4 is 4.65 Å². The van der Waals surface area contributed by atoms with Crippen molar-refractivity contribution in [2.75, 3.05) is 6.61 Å². The van der Waals surface area contributed by atoms with Gasteiger partial charge in [0.25, 0.3) is 0 Å². The molecule has 1 aliphatic rings. The molecule has 0 aromatic carbocycles. The molecule has 1 atom stereocenters. The average molecular weight is 303 g/mol. The Balaban J connectivity index is 2.04. The Labute approximate surface area is 128 Å². The molecule has 2 aromatic rings. The van der Waals surface area contributed by atoms with Crippen LogP contribution in [0.15, 0.2) is 24.4 Å². The van der Waals surface area contributed by atoms with Gasteiger partial charge in [-0.05, 0) is 38.3 Å². The van der Waals surface area contributed by atoms with E-state index in [9.17, 15) is 0 Å². The number of pyridine rings is 1. The third-order valence-corrected chi connectivity index (χ3v) is 3.55. The summed E-state index contributed by atoms with van der Waals surface area (Å²) in [5, 5.41) is 22.5. The van der Waals surface area contributed by atoms with Gasteiger partial charge >= 0.3 is 7.32 Å². The maximum absolute atomic E-state index is 9.10. The molecule has 0 bridgehead atoms. The third kappa shape index (κ3) is 3.14. The van der Waals surface area contributed by atoms with Crippen LogP contribution in [0.1, 0.15) is 31.2 Å². The fourth-order valence-corrected chi connectivity index (χ4v) is 2.60. The zero-order valence-corrected chi connectivity index (χ0v) is 12.3. The first-order valence-corrected chi connectivity index (χ1v) is 7.31. The topological polar surface area (TPSA) is 89.6 Å². The maximum atomic E-state index is 9.10. The lowest BCUT2D eigenvalue weighted by atomic mass is 10.1. The average Bonchev–Trinajstić information content (AvgIpc) is 2.91. The Morgan fingerprint density at radius 2 is 2.23 bits per heavy atom. The van der Waals surface area contributed by atoms with Gasteiger partial charge in [0.2, 0.25) is 0 Å². The Morgan fingerprint density at radius 1 is 1.36 bits per heavy atom. The van der Waals surface area contributed by atoms with Gasteiger partial charge in [0.1, 0.15) is 5.69 Å². The smallest absolute Gasteiger partial charge is 0.509 e. The first kappa shape index (κ1) is 15.0. The molecular formula is C14H18BN3O4. The Bertz CT molecular complexity index is 641. The van der Waals surface area contributed by atoms with E-state index < -0.39 is 7.32 Å². The molecule has 2 N–H and O–H groups in total. The molecule has 22 heavy (non-hydrogen) atoms. The molecule has 1 saturated heterocycles. The fraction of sp³-hybridized carbons (Fsp3) is 0.429. The molecule has 116 valence electrons. The predicted octanol–water partition coefficient (Wildman–Crippen LogP) is 1.30. The molecule has 8 heteroatoms. The summed E-state index contributed by atoms with van der Waals surface area (Å²) in [7, 11) is -1.91. The predicted molar refractivity (Wildman–Crippen MR) is 79.9 cm³/mol. The summed E-state index contributed by atoms with van der Waals surface area (Å²) in [5.41, 5.74) is 2.09. The zero-order valence-electron chi connectivity index (χ0n) is 12.3. The molecule has 0 amide bonds. The summed E-state index contributed by atoms with van der Waals surface area (Å²) in [4.78, 5) is 4.48. The number of aryl methyl sites for hydroxylation is 1. The van der Waals surface area contributed by atoms with E-state index in [4.69, 9.17) is 19.4 Å². The molecule has 0 spiro atoms. The van der Waals surface area contributed by atoms with E-state index in [0.29, 0.717) is 18.0 Å². The monoisotopic (exact) mass is 303 g/mol.